The molecule has 30 heavy (non-hydrogen) atoms. The number of sulfonamides is 1. The Kier molecular flexibility index (Phi) is 6.43. The fraction of sp³-hybridized carbons (Fsp3) is 0.136. The van der Waals surface area contributed by atoms with E-state index in [1.807, 2.05) is 6.92 Å². The molecule has 5 nitrogen and oxygen atoms in total. The van der Waals surface area contributed by atoms with Gasteiger partial charge in [-0.25, -0.2) is 12.8 Å². The van der Waals surface area contributed by atoms with Crippen molar-refractivity contribution in [3.8, 4) is 0 Å². The molecule has 0 heterocycles. The molecule has 0 bridgehead atoms. The van der Waals surface area contributed by atoms with Gasteiger partial charge in [-0.15, -0.1) is 0 Å². The fourth-order valence-corrected chi connectivity index (χ4v) is 4.09. The number of rotatable bonds is 6. The Morgan fingerprint density at radius 1 is 1.07 bits per heavy atom. The Morgan fingerprint density at radius 2 is 1.73 bits per heavy atom. The van der Waals surface area contributed by atoms with Gasteiger partial charge < -0.3 is 4.90 Å². The highest BCUT2D eigenvalue weighted by molar-refractivity contribution is 7.92. The predicted octanol–water partition coefficient (Wildman–Crippen LogP) is 4.86. The van der Waals surface area contributed by atoms with Gasteiger partial charge in [-0.3, -0.25) is 9.52 Å². The lowest BCUT2D eigenvalue weighted by atomic mass is 10.1. The quantitative estimate of drug-likeness (QED) is 0.588. The average molecular weight is 447 g/mol. The lowest BCUT2D eigenvalue weighted by Crippen LogP contribution is -2.27. The van der Waals surface area contributed by atoms with E-state index < -0.39 is 21.7 Å². The molecule has 3 rings (SSSR count). The third-order valence-electron chi connectivity index (χ3n) is 4.49. The molecular formula is C22H20ClFN2O3S. The molecule has 8 heteroatoms. The molecule has 0 aromatic heterocycles. The van der Waals surface area contributed by atoms with Crippen LogP contribution < -0.4 is 4.72 Å². The van der Waals surface area contributed by atoms with Gasteiger partial charge in [-0.1, -0.05) is 47.5 Å². The van der Waals surface area contributed by atoms with Crippen LogP contribution in [0.2, 0.25) is 5.02 Å². The summed E-state index contributed by atoms with van der Waals surface area (Å²) in [6.45, 7) is 1.90. The van der Waals surface area contributed by atoms with Crippen molar-refractivity contribution in [2.45, 2.75) is 18.4 Å². The third kappa shape index (κ3) is 4.98. The first kappa shape index (κ1) is 21.8. The third-order valence-corrected chi connectivity index (χ3v) is 6.22. The summed E-state index contributed by atoms with van der Waals surface area (Å²) in [5.74, 6) is -0.873. The summed E-state index contributed by atoms with van der Waals surface area (Å²) in [5.41, 5.74) is 1.61. The zero-order chi connectivity index (χ0) is 21.9. The summed E-state index contributed by atoms with van der Waals surface area (Å²) in [6.07, 6.45) is 0. The molecule has 0 atom stereocenters. The van der Waals surface area contributed by atoms with Gasteiger partial charge in [-0.2, -0.15) is 0 Å². The Labute approximate surface area is 180 Å². The van der Waals surface area contributed by atoms with Crippen molar-refractivity contribution >= 4 is 33.2 Å². The summed E-state index contributed by atoms with van der Waals surface area (Å²) >= 11 is 6.18. The van der Waals surface area contributed by atoms with Crippen molar-refractivity contribution in [3.63, 3.8) is 0 Å². The molecule has 3 aromatic carbocycles. The number of hydrogen-bond donors (Lipinski definition) is 1. The minimum atomic E-state index is -3.83. The summed E-state index contributed by atoms with van der Waals surface area (Å²) in [7, 11) is -2.31. The number of benzene rings is 3. The Morgan fingerprint density at radius 3 is 2.40 bits per heavy atom. The first-order valence-electron chi connectivity index (χ1n) is 9.05. The highest BCUT2D eigenvalue weighted by atomic mass is 35.5. The van der Waals surface area contributed by atoms with Crippen LogP contribution in [0.1, 0.15) is 21.5 Å². The Hall–Kier alpha value is -2.90. The van der Waals surface area contributed by atoms with Crippen LogP contribution in [0.4, 0.5) is 10.1 Å². The second-order valence-corrected chi connectivity index (χ2v) is 8.96. The number of halogens is 2. The van der Waals surface area contributed by atoms with E-state index in [4.69, 9.17) is 11.6 Å². The van der Waals surface area contributed by atoms with Crippen molar-refractivity contribution in [2.24, 2.45) is 0 Å². The number of amides is 1. The summed E-state index contributed by atoms with van der Waals surface area (Å²) in [5, 5.41) is 0.165. The molecule has 156 valence electrons. The molecule has 0 fully saturated rings. The summed E-state index contributed by atoms with van der Waals surface area (Å²) in [4.78, 5) is 14.3. The number of hydrogen-bond acceptors (Lipinski definition) is 3. The molecule has 0 saturated carbocycles. The number of carbonyl (C=O) groups excluding carboxylic acids is 1. The minimum absolute atomic E-state index is 0.0428. The second-order valence-electron chi connectivity index (χ2n) is 6.87. The van der Waals surface area contributed by atoms with Crippen molar-refractivity contribution < 1.29 is 17.6 Å². The van der Waals surface area contributed by atoms with Gasteiger partial charge in [0.1, 0.15) is 5.82 Å². The van der Waals surface area contributed by atoms with Gasteiger partial charge in [-0.05, 0) is 43.3 Å². The molecule has 0 unspecified atom stereocenters. The highest BCUT2D eigenvalue weighted by Crippen LogP contribution is 2.25. The lowest BCUT2D eigenvalue weighted by molar-refractivity contribution is 0.0784. The molecule has 0 radical (unpaired) electrons. The van der Waals surface area contributed by atoms with Gasteiger partial charge in [0.15, 0.2) is 0 Å². The van der Waals surface area contributed by atoms with Gasteiger partial charge in [0.05, 0.1) is 15.5 Å². The van der Waals surface area contributed by atoms with Gasteiger partial charge in [0, 0.05) is 24.8 Å². The van der Waals surface area contributed by atoms with Crippen molar-refractivity contribution in [2.75, 3.05) is 11.8 Å². The van der Waals surface area contributed by atoms with Crippen LogP contribution in [0.15, 0.2) is 71.6 Å². The smallest absolute Gasteiger partial charge is 0.261 e. The molecule has 0 aliphatic heterocycles. The maximum atomic E-state index is 13.9. The van der Waals surface area contributed by atoms with Crippen LogP contribution in [0, 0.1) is 12.7 Å². The zero-order valence-corrected chi connectivity index (χ0v) is 18.0. The fourth-order valence-electron chi connectivity index (χ4n) is 2.84. The number of carbonyl (C=O) groups is 1. The van der Waals surface area contributed by atoms with Crippen LogP contribution in [-0.2, 0) is 16.6 Å². The zero-order valence-electron chi connectivity index (χ0n) is 16.4. The first-order valence-corrected chi connectivity index (χ1v) is 10.9. The molecule has 0 aliphatic rings. The van der Waals surface area contributed by atoms with Crippen LogP contribution in [0.3, 0.4) is 0 Å². The van der Waals surface area contributed by atoms with Gasteiger partial charge in [0.25, 0.3) is 15.9 Å². The number of nitrogens with zero attached hydrogens (tertiary/aromatic N) is 1. The van der Waals surface area contributed by atoms with Crippen molar-refractivity contribution in [1.29, 1.82) is 0 Å². The van der Waals surface area contributed by atoms with E-state index in [-0.39, 0.29) is 27.7 Å². The molecule has 1 amide bonds. The maximum absolute atomic E-state index is 13.9. The molecule has 0 spiro atoms. The van der Waals surface area contributed by atoms with E-state index >= 15 is 0 Å². The van der Waals surface area contributed by atoms with Gasteiger partial charge >= 0.3 is 0 Å². The van der Waals surface area contributed by atoms with E-state index in [2.05, 4.69) is 4.72 Å². The average Bonchev–Trinajstić information content (AvgIpc) is 2.70. The molecule has 1 N–H and O–H groups in total. The SMILES string of the molecule is Cc1ccc(S(=O)(=O)Nc2ccc(Cl)c(C(=O)N(C)Cc3ccccc3F)c2)cc1. The molecular weight excluding hydrogens is 427 g/mol. The number of aryl methyl sites for hydroxylation is 1. The van der Waals surface area contributed by atoms with Crippen LogP contribution in [0.5, 0.6) is 0 Å². The maximum Gasteiger partial charge on any atom is 0.261 e. The molecule has 0 aliphatic carbocycles. The largest absolute Gasteiger partial charge is 0.337 e. The summed E-state index contributed by atoms with van der Waals surface area (Å²) in [6, 6.07) is 16.9. The molecule has 0 saturated heterocycles. The lowest BCUT2D eigenvalue weighted by Gasteiger charge is -2.19. The van der Waals surface area contributed by atoms with Crippen LogP contribution >= 0.6 is 11.6 Å². The number of nitrogens with one attached hydrogen (secondary N) is 1. The topological polar surface area (TPSA) is 66.5 Å². The van der Waals surface area contributed by atoms with Gasteiger partial charge in [0.2, 0.25) is 0 Å². The summed E-state index contributed by atoms with van der Waals surface area (Å²) < 4.78 is 41.6. The second kappa shape index (κ2) is 8.85. The van der Waals surface area contributed by atoms with Crippen molar-refractivity contribution in [3.05, 3.63) is 94.3 Å². The van der Waals surface area contributed by atoms with E-state index in [1.165, 1.54) is 48.3 Å². The number of anilines is 1. The standard InChI is InChI=1S/C22H20ClFN2O3S/c1-15-7-10-18(11-8-15)30(28,29)25-17-9-12-20(23)19(13-17)22(27)26(2)14-16-5-3-4-6-21(16)24/h3-13,25H,14H2,1-2H3. The van der Waals surface area contributed by atoms with E-state index in [0.717, 1.165) is 5.56 Å². The Balaban J connectivity index is 1.83. The predicted molar refractivity (Wildman–Crippen MR) is 116 cm³/mol. The first-order chi connectivity index (χ1) is 14.2. The van der Waals surface area contributed by atoms with E-state index in [9.17, 15) is 17.6 Å². The van der Waals surface area contributed by atoms with Crippen LogP contribution in [-0.4, -0.2) is 26.3 Å². The van der Waals surface area contributed by atoms with Crippen molar-refractivity contribution in [1.82, 2.24) is 4.90 Å². The van der Waals surface area contributed by atoms with Crippen LogP contribution in [0.25, 0.3) is 0 Å². The normalized spacial score (nSPS) is 11.2. The highest BCUT2D eigenvalue weighted by Gasteiger charge is 2.19. The minimum Gasteiger partial charge on any atom is -0.337 e. The van der Waals surface area contributed by atoms with E-state index in [0.29, 0.717) is 5.56 Å². The molecule has 3 aromatic rings. The monoisotopic (exact) mass is 446 g/mol. The Bertz CT molecular complexity index is 1180. The van der Waals surface area contributed by atoms with E-state index in [1.54, 1.807) is 30.3 Å².